The van der Waals surface area contributed by atoms with Gasteiger partial charge in [0.15, 0.2) is 0 Å². The monoisotopic (exact) mass is 171 g/mol. The van der Waals surface area contributed by atoms with E-state index in [1.165, 1.54) is 0 Å². The summed E-state index contributed by atoms with van der Waals surface area (Å²) in [6.45, 7) is 2.14. The molecule has 0 aliphatic carbocycles. The molecule has 2 aliphatic heterocycles. The van der Waals surface area contributed by atoms with Gasteiger partial charge in [0.05, 0.1) is 19.8 Å². The summed E-state index contributed by atoms with van der Waals surface area (Å²) in [5, 5.41) is 0. The Balaban J connectivity index is 2.07. The van der Waals surface area contributed by atoms with Gasteiger partial charge in [0, 0.05) is 19.9 Å². The molecule has 0 saturated carbocycles. The Labute approximate surface area is 71.4 Å². The van der Waals surface area contributed by atoms with E-state index in [9.17, 15) is 4.79 Å². The van der Waals surface area contributed by atoms with E-state index >= 15 is 0 Å². The molecule has 12 heavy (non-hydrogen) atoms. The molecule has 2 fully saturated rings. The van der Waals surface area contributed by atoms with Crippen LogP contribution in [0, 0.1) is 0 Å². The van der Waals surface area contributed by atoms with Crippen molar-refractivity contribution in [1.29, 1.82) is 0 Å². The van der Waals surface area contributed by atoms with Crippen molar-refractivity contribution in [2.24, 2.45) is 0 Å². The Morgan fingerprint density at radius 2 is 2.08 bits per heavy atom. The molecule has 2 heterocycles. The van der Waals surface area contributed by atoms with Gasteiger partial charge in [0.2, 0.25) is 0 Å². The van der Waals surface area contributed by atoms with E-state index in [4.69, 9.17) is 9.47 Å². The van der Waals surface area contributed by atoms with Crippen LogP contribution in [0.15, 0.2) is 0 Å². The molecular formula is C8H13NO3. The van der Waals surface area contributed by atoms with Crippen molar-refractivity contribution in [3.8, 4) is 0 Å². The highest BCUT2D eigenvalue weighted by molar-refractivity contribution is 5.70. The van der Waals surface area contributed by atoms with Crippen LogP contribution in [0.4, 0.5) is 4.79 Å². The first kappa shape index (κ1) is 7.86. The highest BCUT2D eigenvalue weighted by Gasteiger charge is 2.44. The van der Waals surface area contributed by atoms with Gasteiger partial charge in [-0.05, 0) is 0 Å². The predicted molar refractivity (Wildman–Crippen MR) is 41.9 cm³/mol. The molecule has 2 rings (SSSR count). The van der Waals surface area contributed by atoms with Crippen LogP contribution in [-0.2, 0) is 9.47 Å². The van der Waals surface area contributed by atoms with E-state index in [1.54, 1.807) is 11.9 Å². The van der Waals surface area contributed by atoms with Crippen LogP contribution < -0.4 is 0 Å². The summed E-state index contributed by atoms with van der Waals surface area (Å²) < 4.78 is 10.5. The predicted octanol–water partition coefficient (Wildman–Crippen LogP) is 0.618. The number of hydrogen-bond donors (Lipinski definition) is 0. The van der Waals surface area contributed by atoms with Crippen LogP contribution in [0.3, 0.4) is 0 Å². The van der Waals surface area contributed by atoms with E-state index in [1.807, 2.05) is 0 Å². The van der Waals surface area contributed by atoms with Gasteiger partial charge in [-0.25, -0.2) is 4.79 Å². The second kappa shape index (κ2) is 2.62. The first-order valence-corrected chi connectivity index (χ1v) is 4.24. The number of likely N-dealkylation sites (N-methyl/N-ethyl adjacent to an activating group) is 1. The molecule has 4 nitrogen and oxygen atoms in total. The minimum Gasteiger partial charge on any atom is -0.441 e. The molecule has 2 saturated heterocycles. The van der Waals surface area contributed by atoms with Crippen molar-refractivity contribution >= 4 is 6.09 Å². The third-order valence-electron chi connectivity index (χ3n) is 2.54. The van der Waals surface area contributed by atoms with Crippen molar-refractivity contribution in [2.75, 3.05) is 26.8 Å². The molecule has 68 valence electrons. The van der Waals surface area contributed by atoms with E-state index in [0.717, 1.165) is 19.4 Å². The Morgan fingerprint density at radius 1 is 1.42 bits per heavy atom. The number of carbonyl (C=O) groups excluding carboxylic acids is 1. The van der Waals surface area contributed by atoms with Crippen LogP contribution in [-0.4, -0.2) is 43.4 Å². The van der Waals surface area contributed by atoms with Crippen LogP contribution in [0.5, 0.6) is 0 Å². The first-order valence-electron chi connectivity index (χ1n) is 4.24. The number of nitrogens with zero attached hydrogens (tertiary/aromatic N) is 1. The van der Waals surface area contributed by atoms with Gasteiger partial charge < -0.3 is 14.4 Å². The maximum Gasteiger partial charge on any atom is 0.410 e. The number of carbonyl (C=O) groups is 1. The van der Waals surface area contributed by atoms with Gasteiger partial charge in [-0.15, -0.1) is 0 Å². The summed E-state index contributed by atoms with van der Waals surface area (Å²) in [5.41, 5.74) is -0.232. The van der Waals surface area contributed by atoms with Gasteiger partial charge in [0.1, 0.15) is 5.60 Å². The summed E-state index contributed by atoms with van der Waals surface area (Å²) in [7, 11) is 1.77. The van der Waals surface area contributed by atoms with Crippen LogP contribution in [0.2, 0.25) is 0 Å². The molecule has 0 radical (unpaired) electrons. The summed E-state index contributed by atoms with van der Waals surface area (Å²) in [5.74, 6) is 0. The number of ether oxygens (including phenoxy) is 2. The second-order valence-electron chi connectivity index (χ2n) is 3.52. The SMILES string of the molecule is CN1CC2(CCOCC2)OC1=O. The molecule has 2 aliphatic rings. The van der Waals surface area contributed by atoms with Crippen molar-refractivity contribution in [3.63, 3.8) is 0 Å². The van der Waals surface area contributed by atoms with Gasteiger partial charge in [-0.3, -0.25) is 0 Å². The second-order valence-corrected chi connectivity index (χ2v) is 3.52. The number of amides is 1. The molecule has 4 heteroatoms. The fourth-order valence-electron chi connectivity index (χ4n) is 1.80. The van der Waals surface area contributed by atoms with Crippen molar-refractivity contribution in [3.05, 3.63) is 0 Å². The van der Waals surface area contributed by atoms with Crippen molar-refractivity contribution < 1.29 is 14.3 Å². The third-order valence-corrected chi connectivity index (χ3v) is 2.54. The lowest BCUT2D eigenvalue weighted by Gasteiger charge is -2.30. The Bertz CT molecular complexity index is 198. The average molecular weight is 171 g/mol. The van der Waals surface area contributed by atoms with E-state index < -0.39 is 0 Å². The third kappa shape index (κ3) is 1.16. The highest BCUT2D eigenvalue weighted by Crippen LogP contribution is 2.31. The zero-order valence-corrected chi connectivity index (χ0v) is 7.21. The first-order chi connectivity index (χ1) is 5.72. The molecule has 1 spiro atoms. The summed E-state index contributed by atoms with van der Waals surface area (Å²) >= 11 is 0. The lowest BCUT2D eigenvalue weighted by Crippen LogP contribution is -2.39. The minimum absolute atomic E-state index is 0.197. The smallest absolute Gasteiger partial charge is 0.410 e. The molecule has 0 aromatic heterocycles. The van der Waals surface area contributed by atoms with E-state index in [0.29, 0.717) is 13.2 Å². The average Bonchev–Trinajstić information content (AvgIpc) is 2.29. The van der Waals surface area contributed by atoms with Crippen molar-refractivity contribution in [2.45, 2.75) is 18.4 Å². The zero-order chi connectivity index (χ0) is 8.60. The molecule has 0 atom stereocenters. The highest BCUT2D eigenvalue weighted by atomic mass is 16.6. The lowest BCUT2D eigenvalue weighted by atomic mass is 9.95. The maximum atomic E-state index is 11.1. The van der Waals surface area contributed by atoms with Gasteiger partial charge in [-0.1, -0.05) is 0 Å². The number of rotatable bonds is 0. The van der Waals surface area contributed by atoms with E-state index in [-0.39, 0.29) is 11.7 Å². The molecule has 0 bridgehead atoms. The number of hydrogen-bond acceptors (Lipinski definition) is 3. The fourth-order valence-corrected chi connectivity index (χ4v) is 1.80. The topological polar surface area (TPSA) is 38.8 Å². The van der Waals surface area contributed by atoms with Crippen LogP contribution in [0.25, 0.3) is 0 Å². The van der Waals surface area contributed by atoms with Gasteiger partial charge in [-0.2, -0.15) is 0 Å². The van der Waals surface area contributed by atoms with E-state index in [2.05, 4.69) is 0 Å². The Morgan fingerprint density at radius 3 is 2.58 bits per heavy atom. The lowest BCUT2D eigenvalue weighted by molar-refractivity contribution is -0.0436. The van der Waals surface area contributed by atoms with Crippen LogP contribution in [0.1, 0.15) is 12.8 Å². The van der Waals surface area contributed by atoms with Gasteiger partial charge in [0.25, 0.3) is 0 Å². The molecule has 0 N–H and O–H groups in total. The molecule has 0 aromatic rings. The largest absolute Gasteiger partial charge is 0.441 e. The normalized spacial score (nSPS) is 27.8. The molecular weight excluding hydrogens is 158 g/mol. The summed E-state index contributed by atoms with van der Waals surface area (Å²) in [6, 6.07) is 0. The van der Waals surface area contributed by atoms with Crippen LogP contribution >= 0.6 is 0 Å². The van der Waals surface area contributed by atoms with Crippen molar-refractivity contribution in [1.82, 2.24) is 4.90 Å². The fraction of sp³-hybridized carbons (Fsp3) is 0.875. The Hall–Kier alpha value is -0.770. The zero-order valence-electron chi connectivity index (χ0n) is 7.21. The standard InChI is InChI=1S/C8H13NO3/c1-9-6-8(12-7(9)10)2-4-11-5-3-8/h2-6H2,1H3. The quantitative estimate of drug-likeness (QED) is 0.536. The maximum absolute atomic E-state index is 11.1. The Kier molecular flexibility index (Phi) is 1.72. The molecule has 0 aromatic carbocycles. The minimum atomic E-state index is -0.232. The molecule has 1 amide bonds. The summed E-state index contributed by atoms with van der Waals surface area (Å²) in [6.07, 6.45) is 1.48. The molecule has 0 unspecified atom stereocenters. The van der Waals surface area contributed by atoms with Gasteiger partial charge >= 0.3 is 6.09 Å². The summed E-state index contributed by atoms with van der Waals surface area (Å²) in [4.78, 5) is 12.7.